The van der Waals surface area contributed by atoms with Gasteiger partial charge in [0, 0.05) is 32.0 Å². The lowest BCUT2D eigenvalue weighted by Gasteiger charge is -2.37. The zero-order chi connectivity index (χ0) is 15.7. The third-order valence-corrected chi connectivity index (χ3v) is 4.35. The van der Waals surface area contributed by atoms with E-state index in [2.05, 4.69) is 34.0 Å². The molecular formula is C15H24N6O. The highest BCUT2D eigenvalue weighted by Crippen LogP contribution is 2.31. The summed E-state index contributed by atoms with van der Waals surface area (Å²) in [5, 5.41) is 19.3. The molecule has 2 aromatic rings. The van der Waals surface area contributed by atoms with Gasteiger partial charge in [-0.15, -0.1) is 5.10 Å². The Balaban J connectivity index is 1.74. The largest absolute Gasteiger partial charge is 0.382 e. The van der Waals surface area contributed by atoms with Crippen LogP contribution in [0.1, 0.15) is 44.2 Å². The van der Waals surface area contributed by atoms with Gasteiger partial charge in [0.2, 0.25) is 0 Å². The van der Waals surface area contributed by atoms with Crippen molar-refractivity contribution in [1.29, 1.82) is 0 Å². The molecule has 2 aromatic heterocycles. The molecule has 0 unspecified atom stereocenters. The first-order valence-corrected chi connectivity index (χ1v) is 7.81. The van der Waals surface area contributed by atoms with E-state index >= 15 is 0 Å². The number of hydrogen-bond acceptors (Lipinski definition) is 5. The Kier molecular flexibility index (Phi) is 4.01. The van der Waals surface area contributed by atoms with Crippen LogP contribution < -0.4 is 0 Å². The molecule has 1 fully saturated rings. The first-order chi connectivity index (χ1) is 10.5. The predicted molar refractivity (Wildman–Crippen MR) is 82.0 cm³/mol. The molecule has 0 aromatic carbocycles. The summed E-state index contributed by atoms with van der Waals surface area (Å²) >= 11 is 0. The van der Waals surface area contributed by atoms with E-state index in [0.29, 0.717) is 12.2 Å². The van der Waals surface area contributed by atoms with Crippen LogP contribution >= 0.6 is 0 Å². The lowest BCUT2D eigenvalue weighted by molar-refractivity contribution is -0.0422. The van der Waals surface area contributed by atoms with E-state index in [1.807, 2.05) is 24.0 Å². The lowest BCUT2D eigenvalue weighted by Crippen LogP contribution is -2.46. The number of aromatic nitrogens is 5. The lowest BCUT2D eigenvalue weighted by atomic mass is 9.90. The second-order valence-electron chi connectivity index (χ2n) is 6.48. The van der Waals surface area contributed by atoms with Gasteiger partial charge >= 0.3 is 0 Å². The molecule has 0 radical (unpaired) electrons. The van der Waals surface area contributed by atoms with Crippen LogP contribution in [0.5, 0.6) is 0 Å². The van der Waals surface area contributed by atoms with Gasteiger partial charge in [0.05, 0.1) is 12.7 Å². The highest BCUT2D eigenvalue weighted by Gasteiger charge is 2.37. The summed E-state index contributed by atoms with van der Waals surface area (Å²) in [4.78, 5) is 6.60. The minimum Gasteiger partial charge on any atom is -0.382 e. The molecule has 0 aliphatic carbocycles. The fourth-order valence-corrected chi connectivity index (χ4v) is 2.96. The molecule has 0 bridgehead atoms. The van der Waals surface area contributed by atoms with Crippen LogP contribution in [0.2, 0.25) is 0 Å². The first-order valence-electron chi connectivity index (χ1n) is 7.81. The van der Waals surface area contributed by atoms with Crippen LogP contribution in [0.15, 0.2) is 18.6 Å². The number of likely N-dealkylation sites (tertiary alicyclic amines) is 1. The van der Waals surface area contributed by atoms with Gasteiger partial charge in [0.1, 0.15) is 17.1 Å². The summed E-state index contributed by atoms with van der Waals surface area (Å²) in [5.41, 5.74) is -0.248. The Hall–Kier alpha value is -1.73. The number of rotatable bonds is 4. The molecule has 0 saturated carbocycles. The molecule has 22 heavy (non-hydrogen) atoms. The second kappa shape index (κ2) is 5.81. The van der Waals surface area contributed by atoms with Crippen LogP contribution in [0, 0.1) is 0 Å². The van der Waals surface area contributed by atoms with Crippen LogP contribution in [0.25, 0.3) is 0 Å². The average molecular weight is 304 g/mol. The maximum atomic E-state index is 11.0. The number of hydrogen-bond donors (Lipinski definition) is 1. The van der Waals surface area contributed by atoms with Gasteiger partial charge in [-0.1, -0.05) is 5.21 Å². The van der Waals surface area contributed by atoms with Crippen LogP contribution in [-0.4, -0.2) is 47.6 Å². The molecule has 1 N–H and O–H groups in total. The SMILES string of the molecule is CC(C)n1cc([C@@]2(O)CCCN(Cc3nccn3C)C2)nn1. The van der Waals surface area contributed by atoms with E-state index in [4.69, 9.17) is 0 Å². The number of nitrogens with zero attached hydrogens (tertiary/aromatic N) is 6. The van der Waals surface area contributed by atoms with Crippen molar-refractivity contribution >= 4 is 0 Å². The summed E-state index contributed by atoms with van der Waals surface area (Å²) in [5.74, 6) is 1.01. The zero-order valence-corrected chi connectivity index (χ0v) is 13.5. The van der Waals surface area contributed by atoms with Crippen molar-refractivity contribution in [3.05, 3.63) is 30.1 Å². The summed E-state index contributed by atoms with van der Waals surface area (Å²) in [6.07, 6.45) is 7.28. The van der Waals surface area contributed by atoms with Crippen molar-refractivity contribution in [2.75, 3.05) is 13.1 Å². The van der Waals surface area contributed by atoms with Crippen LogP contribution in [0.4, 0.5) is 0 Å². The van der Waals surface area contributed by atoms with E-state index < -0.39 is 5.60 Å². The maximum absolute atomic E-state index is 11.0. The summed E-state index contributed by atoms with van der Waals surface area (Å²) < 4.78 is 3.81. The Morgan fingerprint density at radius 2 is 2.23 bits per heavy atom. The van der Waals surface area contributed by atoms with E-state index in [9.17, 15) is 5.11 Å². The third-order valence-electron chi connectivity index (χ3n) is 4.35. The van der Waals surface area contributed by atoms with Crippen LogP contribution in [-0.2, 0) is 19.2 Å². The van der Waals surface area contributed by atoms with Gasteiger partial charge in [-0.25, -0.2) is 9.67 Å². The fourth-order valence-electron chi connectivity index (χ4n) is 2.96. The standard InChI is InChI=1S/C15H24N6O/c1-12(2)21-9-13(17-18-21)15(22)5-4-7-20(11-15)10-14-16-6-8-19(14)3/h6,8-9,12,22H,4-5,7,10-11H2,1-3H3/t15-/m1/s1. The Labute approximate surface area is 130 Å². The smallest absolute Gasteiger partial charge is 0.123 e. The second-order valence-corrected chi connectivity index (χ2v) is 6.48. The van der Waals surface area contributed by atoms with Crippen molar-refractivity contribution in [3.8, 4) is 0 Å². The maximum Gasteiger partial charge on any atom is 0.123 e. The molecule has 7 heteroatoms. The van der Waals surface area contributed by atoms with Gasteiger partial charge in [-0.05, 0) is 33.2 Å². The van der Waals surface area contributed by atoms with E-state index in [1.165, 1.54) is 0 Å². The van der Waals surface area contributed by atoms with Gasteiger partial charge in [0.25, 0.3) is 0 Å². The van der Waals surface area contributed by atoms with Crippen molar-refractivity contribution < 1.29 is 5.11 Å². The van der Waals surface area contributed by atoms with E-state index in [1.54, 1.807) is 10.9 Å². The Morgan fingerprint density at radius 3 is 2.86 bits per heavy atom. The van der Waals surface area contributed by atoms with E-state index in [-0.39, 0.29) is 6.04 Å². The topological polar surface area (TPSA) is 72.0 Å². The molecular weight excluding hydrogens is 280 g/mol. The van der Waals surface area contributed by atoms with E-state index in [0.717, 1.165) is 31.8 Å². The number of aliphatic hydroxyl groups is 1. The third kappa shape index (κ3) is 2.91. The number of piperidine rings is 1. The quantitative estimate of drug-likeness (QED) is 0.915. The minimum atomic E-state index is -0.920. The van der Waals surface area contributed by atoms with Gasteiger partial charge in [-0.3, -0.25) is 4.90 Å². The molecule has 1 saturated heterocycles. The molecule has 1 aliphatic rings. The molecule has 1 aliphatic heterocycles. The molecule has 3 heterocycles. The molecule has 3 rings (SSSR count). The first kappa shape index (κ1) is 15.2. The van der Waals surface area contributed by atoms with Gasteiger partial charge < -0.3 is 9.67 Å². The summed E-state index contributed by atoms with van der Waals surface area (Å²) in [6.45, 7) is 6.38. The van der Waals surface area contributed by atoms with Crippen molar-refractivity contribution in [2.45, 2.75) is 44.9 Å². The zero-order valence-electron chi connectivity index (χ0n) is 13.5. The highest BCUT2D eigenvalue weighted by molar-refractivity contribution is 5.10. The van der Waals surface area contributed by atoms with Crippen molar-refractivity contribution in [2.24, 2.45) is 7.05 Å². The summed E-state index contributed by atoms with van der Waals surface area (Å²) in [7, 11) is 1.99. The average Bonchev–Trinajstić information content (AvgIpc) is 3.09. The fraction of sp³-hybridized carbons (Fsp3) is 0.667. The van der Waals surface area contributed by atoms with Crippen molar-refractivity contribution in [3.63, 3.8) is 0 Å². The normalized spacial score (nSPS) is 23.3. The summed E-state index contributed by atoms with van der Waals surface area (Å²) in [6, 6.07) is 0.247. The molecule has 120 valence electrons. The molecule has 0 amide bonds. The number of aryl methyl sites for hydroxylation is 1. The Bertz CT molecular complexity index is 634. The highest BCUT2D eigenvalue weighted by atomic mass is 16.3. The monoisotopic (exact) mass is 304 g/mol. The van der Waals surface area contributed by atoms with Gasteiger partial charge in [0.15, 0.2) is 0 Å². The van der Waals surface area contributed by atoms with Crippen molar-refractivity contribution in [1.82, 2.24) is 29.4 Å². The Morgan fingerprint density at radius 1 is 1.41 bits per heavy atom. The van der Waals surface area contributed by atoms with Crippen LogP contribution in [0.3, 0.4) is 0 Å². The minimum absolute atomic E-state index is 0.247. The number of imidazole rings is 1. The molecule has 7 nitrogen and oxygen atoms in total. The number of β-amino-alcohol motifs (C(OH)–C–C–N with tert-alkyl or cyclic N) is 1. The predicted octanol–water partition coefficient (Wildman–Crippen LogP) is 1.08. The molecule has 1 atom stereocenters. The molecule has 0 spiro atoms. The van der Waals surface area contributed by atoms with Gasteiger partial charge in [-0.2, -0.15) is 0 Å².